The molecule has 35 heavy (non-hydrogen) atoms. The van der Waals surface area contributed by atoms with Crippen molar-refractivity contribution in [2.24, 2.45) is 5.41 Å². The van der Waals surface area contributed by atoms with Crippen LogP contribution in [0.5, 0.6) is 0 Å². The van der Waals surface area contributed by atoms with Crippen LogP contribution in [0.2, 0.25) is 0 Å². The van der Waals surface area contributed by atoms with Crippen molar-refractivity contribution in [2.45, 2.75) is 52.6 Å². The molecule has 4 aromatic heterocycles. The summed E-state index contributed by atoms with van der Waals surface area (Å²) in [5.41, 5.74) is -0.206. The van der Waals surface area contributed by atoms with Gasteiger partial charge in [0.05, 0.1) is 12.5 Å². The maximum absolute atomic E-state index is 13.6. The van der Waals surface area contributed by atoms with Crippen molar-refractivity contribution in [3.05, 3.63) is 49.4 Å². The summed E-state index contributed by atoms with van der Waals surface area (Å²) in [6.07, 6.45) is 10.9. The number of hydrogen-bond acceptors (Lipinski definition) is 8. The van der Waals surface area contributed by atoms with Crippen LogP contribution in [0.15, 0.2) is 49.4 Å². The van der Waals surface area contributed by atoms with Crippen molar-refractivity contribution in [3.63, 3.8) is 0 Å². The normalized spacial score (nSPS) is 19.4. The third-order valence-electron chi connectivity index (χ3n) is 6.36. The Morgan fingerprint density at radius 1 is 1.14 bits per heavy atom. The fourth-order valence-electron chi connectivity index (χ4n) is 4.73. The first-order valence-electron chi connectivity index (χ1n) is 11.7. The summed E-state index contributed by atoms with van der Waals surface area (Å²) in [5, 5.41) is 11.0. The van der Waals surface area contributed by atoms with E-state index in [1.165, 1.54) is 6.20 Å². The van der Waals surface area contributed by atoms with Gasteiger partial charge in [-0.1, -0.05) is 13.8 Å². The second kappa shape index (κ2) is 8.33. The van der Waals surface area contributed by atoms with E-state index in [2.05, 4.69) is 53.3 Å². The average molecular weight is 475 g/mol. The first-order valence-corrected chi connectivity index (χ1v) is 11.7. The topological polar surface area (TPSA) is 118 Å². The minimum atomic E-state index is -0.891. The molecule has 0 bridgehead atoms. The summed E-state index contributed by atoms with van der Waals surface area (Å²) >= 11 is 0. The van der Waals surface area contributed by atoms with Crippen LogP contribution in [-0.2, 0) is 4.79 Å². The number of imidazole rings is 1. The number of rotatable bonds is 6. The fraction of sp³-hybridized carbons (Fsp3) is 0.417. The molecule has 11 nitrogen and oxygen atoms in total. The van der Waals surface area contributed by atoms with Crippen LogP contribution in [0.25, 0.3) is 5.52 Å². The molecule has 1 aliphatic heterocycles. The Bertz CT molecular complexity index is 1360. The highest BCUT2D eigenvalue weighted by Crippen LogP contribution is 2.43. The van der Waals surface area contributed by atoms with E-state index in [0.717, 1.165) is 5.52 Å². The Labute approximate surface area is 203 Å². The van der Waals surface area contributed by atoms with E-state index in [0.29, 0.717) is 42.4 Å². The SMILES string of the molecule is CC(C)n1cnc(Nc2nc(N3CC(C)(C)C[C@@]3(C)C(=O)Nc3cnccn3)nn3cccc23)c1. The Morgan fingerprint density at radius 3 is 2.69 bits per heavy atom. The number of carbonyl (C=O) groups is 1. The number of nitrogens with zero attached hydrogens (tertiary/aromatic N) is 8. The molecule has 182 valence electrons. The number of carbonyl (C=O) groups excluding carboxylic acids is 1. The molecular weight excluding hydrogens is 444 g/mol. The summed E-state index contributed by atoms with van der Waals surface area (Å²) in [7, 11) is 0. The van der Waals surface area contributed by atoms with E-state index >= 15 is 0 Å². The van der Waals surface area contributed by atoms with Crippen LogP contribution < -0.4 is 15.5 Å². The van der Waals surface area contributed by atoms with E-state index in [1.807, 2.05) is 40.9 Å². The molecule has 1 atom stereocenters. The third-order valence-corrected chi connectivity index (χ3v) is 6.36. The number of anilines is 4. The highest BCUT2D eigenvalue weighted by Gasteiger charge is 2.52. The molecule has 1 fully saturated rings. The molecule has 0 unspecified atom stereocenters. The zero-order chi connectivity index (χ0) is 24.8. The Balaban J connectivity index is 1.52. The molecule has 1 aliphatic rings. The number of amides is 1. The lowest BCUT2D eigenvalue weighted by atomic mass is 9.84. The van der Waals surface area contributed by atoms with Crippen LogP contribution in [0, 0.1) is 5.41 Å². The molecule has 0 radical (unpaired) electrons. The average Bonchev–Trinajstić information content (AvgIpc) is 3.52. The van der Waals surface area contributed by atoms with Crippen LogP contribution in [0.1, 0.15) is 47.1 Å². The number of aromatic nitrogens is 7. The highest BCUT2D eigenvalue weighted by atomic mass is 16.2. The van der Waals surface area contributed by atoms with Gasteiger partial charge < -0.3 is 20.1 Å². The van der Waals surface area contributed by atoms with Crippen molar-refractivity contribution in [2.75, 3.05) is 22.1 Å². The number of fused-ring (bicyclic) bond motifs is 1. The first kappa shape index (κ1) is 22.8. The highest BCUT2D eigenvalue weighted by molar-refractivity contribution is 6.00. The maximum atomic E-state index is 13.6. The van der Waals surface area contributed by atoms with Crippen LogP contribution in [-0.4, -0.2) is 52.1 Å². The van der Waals surface area contributed by atoms with Gasteiger partial charge in [-0.3, -0.25) is 9.78 Å². The minimum Gasteiger partial charge on any atom is -0.333 e. The van der Waals surface area contributed by atoms with Gasteiger partial charge >= 0.3 is 0 Å². The summed E-state index contributed by atoms with van der Waals surface area (Å²) in [5.74, 6) is 2.01. The monoisotopic (exact) mass is 474 g/mol. The molecule has 0 spiro atoms. The molecule has 4 aromatic rings. The van der Waals surface area contributed by atoms with Gasteiger partial charge in [0.2, 0.25) is 5.95 Å². The largest absolute Gasteiger partial charge is 0.333 e. The molecule has 5 heterocycles. The summed E-state index contributed by atoms with van der Waals surface area (Å²) in [6, 6.07) is 4.16. The Kier molecular flexibility index (Phi) is 5.42. The molecule has 0 aromatic carbocycles. The van der Waals surface area contributed by atoms with Gasteiger partial charge in [-0.25, -0.2) is 14.5 Å². The van der Waals surface area contributed by atoms with Gasteiger partial charge in [-0.2, -0.15) is 4.98 Å². The predicted molar refractivity (Wildman–Crippen MR) is 134 cm³/mol. The zero-order valence-corrected chi connectivity index (χ0v) is 20.6. The molecule has 2 N–H and O–H groups in total. The lowest BCUT2D eigenvalue weighted by molar-refractivity contribution is -0.120. The molecule has 1 amide bonds. The minimum absolute atomic E-state index is 0.132. The molecule has 0 aliphatic carbocycles. The van der Waals surface area contributed by atoms with Crippen molar-refractivity contribution >= 4 is 34.8 Å². The first-order chi connectivity index (χ1) is 16.6. The lowest BCUT2D eigenvalue weighted by Crippen LogP contribution is -2.52. The van der Waals surface area contributed by atoms with E-state index < -0.39 is 5.54 Å². The summed E-state index contributed by atoms with van der Waals surface area (Å²) in [6.45, 7) is 11.0. The van der Waals surface area contributed by atoms with Gasteiger partial charge in [-0.15, -0.1) is 5.10 Å². The third kappa shape index (κ3) is 4.29. The molecule has 11 heteroatoms. The van der Waals surface area contributed by atoms with Gasteiger partial charge in [0.1, 0.15) is 16.9 Å². The predicted octanol–water partition coefficient (Wildman–Crippen LogP) is 3.67. The number of nitrogens with one attached hydrogen (secondary N) is 2. The second-order valence-corrected chi connectivity index (χ2v) is 10.3. The second-order valence-electron chi connectivity index (χ2n) is 10.3. The smallest absolute Gasteiger partial charge is 0.251 e. The van der Waals surface area contributed by atoms with Crippen molar-refractivity contribution in [1.29, 1.82) is 0 Å². The standard InChI is InChI=1S/C24H30N10O/c1-16(2)32-12-19(27-15-32)28-20-17-7-6-10-34(17)31-22(30-20)33-14-23(3,4)13-24(33,5)21(35)29-18-11-25-8-9-26-18/h6-12,15-16H,13-14H2,1-5H3,(H,26,29,35)(H,28,30,31)/t24-/m0/s1. The van der Waals surface area contributed by atoms with Crippen molar-refractivity contribution < 1.29 is 4.79 Å². The van der Waals surface area contributed by atoms with E-state index in [4.69, 9.17) is 10.1 Å². The molecular formula is C24H30N10O. The van der Waals surface area contributed by atoms with E-state index in [1.54, 1.807) is 23.2 Å². The maximum Gasteiger partial charge on any atom is 0.251 e. The zero-order valence-electron chi connectivity index (χ0n) is 20.6. The van der Waals surface area contributed by atoms with Crippen LogP contribution in [0.3, 0.4) is 0 Å². The molecule has 0 saturated carbocycles. The Morgan fingerprint density at radius 2 is 1.97 bits per heavy atom. The molecule has 5 rings (SSSR count). The molecule has 1 saturated heterocycles. The fourth-order valence-corrected chi connectivity index (χ4v) is 4.73. The van der Waals surface area contributed by atoms with Gasteiger partial charge in [-0.05, 0) is 44.7 Å². The summed E-state index contributed by atoms with van der Waals surface area (Å²) in [4.78, 5) is 33.1. The van der Waals surface area contributed by atoms with Gasteiger partial charge in [0.25, 0.3) is 5.91 Å². The Hall–Kier alpha value is -4.02. The van der Waals surface area contributed by atoms with Crippen molar-refractivity contribution in [3.8, 4) is 0 Å². The number of hydrogen-bond donors (Lipinski definition) is 2. The quantitative estimate of drug-likeness (QED) is 0.435. The van der Waals surface area contributed by atoms with E-state index in [9.17, 15) is 4.79 Å². The van der Waals surface area contributed by atoms with Crippen molar-refractivity contribution in [1.82, 2.24) is 34.1 Å². The van der Waals surface area contributed by atoms with Crippen LogP contribution >= 0.6 is 0 Å². The lowest BCUT2D eigenvalue weighted by Gasteiger charge is -2.33. The van der Waals surface area contributed by atoms with Gasteiger partial charge in [0.15, 0.2) is 11.6 Å². The van der Waals surface area contributed by atoms with Crippen LogP contribution in [0.4, 0.5) is 23.4 Å². The summed E-state index contributed by atoms with van der Waals surface area (Å²) < 4.78 is 3.80. The van der Waals surface area contributed by atoms with E-state index in [-0.39, 0.29) is 11.3 Å². The van der Waals surface area contributed by atoms with Gasteiger partial charge in [0, 0.05) is 37.4 Å².